The first-order chi connectivity index (χ1) is 4.33. The maximum atomic E-state index is 5.73. The first-order valence-corrected chi connectivity index (χ1v) is 3.60. The number of hydrogen-bond donors (Lipinski definition) is 1. The second-order valence-electron chi connectivity index (χ2n) is 2.70. The molecule has 9 heavy (non-hydrogen) atoms. The van der Waals surface area contributed by atoms with E-state index in [4.69, 9.17) is 5.73 Å². The number of rotatable bonds is 1. The molecule has 1 heterocycles. The van der Waals surface area contributed by atoms with Crippen molar-refractivity contribution in [3.8, 4) is 0 Å². The SMILES string of the molecule is [CH2]CN1CCC[C@@H](N)C1. The predicted molar refractivity (Wildman–Crippen MR) is 39.0 cm³/mol. The van der Waals surface area contributed by atoms with Gasteiger partial charge in [-0.25, -0.2) is 0 Å². The molecule has 1 aliphatic heterocycles. The van der Waals surface area contributed by atoms with E-state index in [1.165, 1.54) is 19.4 Å². The molecule has 2 nitrogen and oxygen atoms in total. The number of nitrogens with two attached hydrogens (primary N) is 1. The van der Waals surface area contributed by atoms with Crippen LogP contribution >= 0.6 is 0 Å². The van der Waals surface area contributed by atoms with Crippen molar-refractivity contribution in [1.29, 1.82) is 0 Å². The molecule has 0 saturated carbocycles. The second-order valence-corrected chi connectivity index (χ2v) is 2.70. The van der Waals surface area contributed by atoms with Crippen molar-refractivity contribution in [2.24, 2.45) is 5.73 Å². The third kappa shape index (κ3) is 1.95. The summed E-state index contributed by atoms with van der Waals surface area (Å²) in [5.74, 6) is 0. The maximum Gasteiger partial charge on any atom is 0.0168 e. The van der Waals surface area contributed by atoms with Crippen LogP contribution in [0.5, 0.6) is 0 Å². The minimum atomic E-state index is 0.403. The van der Waals surface area contributed by atoms with Gasteiger partial charge in [-0.2, -0.15) is 0 Å². The molecule has 1 rings (SSSR count). The third-order valence-electron chi connectivity index (χ3n) is 1.86. The van der Waals surface area contributed by atoms with Crippen LogP contribution in [-0.2, 0) is 0 Å². The van der Waals surface area contributed by atoms with Gasteiger partial charge in [-0.1, -0.05) is 0 Å². The number of nitrogens with zero attached hydrogens (tertiary/aromatic N) is 1. The summed E-state index contributed by atoms with van der Waals surface area (Å²) in [6, 6.07) is 0.403. The Kier molecular flexibility index (Phi) is 2.49. The molecule has 0 amide bonds. The average Bonchev–Trinajstić information content (AvgIpc) is 1.88. The van der Waals surface area contributed by atoms with E-state index in [0.29, 0.717) is 6.04 Å². The van der Waals surface area contributed by atoms with E-state index in [-0.39, 0.29) is 0 Å². The molecule has 0 spiro atoms. The number of likely N-dealkylation sites (tertiary alicyclic amines) is 1. The van der Waals surface area contributed by atoms with Gasteiger partial charge in [-0.15, -0.1) is 0 Å². The van der Waals surface area contributed by atoms with Gasteiger partial charge in [0.25, 0.3) is 0 Å². The summed E-state index contributed by atoms with van der Waals surface area (Å²) in [5, 5.41) is 0. The molecule has 0 aromatic rings. The quantitative estimate of drug-likeness (QED) is 0.547. The molecule has 1 aliphatic rings. The van der Waals surface area contributed by atoms with Gasteiger partial charge in [0.1, 0.15) is 0 Å². The van der Waals surface area contributed by atoms with E-state index in [1.54, 1.807) is 0 Å². The first kappa shape index (κ1) is 7.03. The molecule has 2 heteroatoms. The van der Waals surface area contributed by atoms with E-state index in [1.807, 2.05) is 0 Å². The van der Waals surface area contributed by atoms with E-state index < -0.39 is 0 Å². The van der Waals surface area contributed by atoms with Gasteiger partial charge in [-0.05, 0) is 32.9 Å². The van der Waals surface area contributed by atoms with Crippen LogP contribution in [0.25, 0.3) is 0 Å². The molecule has 0 aliphatic carbocycles. The molecule has 0 bridgehead atoms. The monoisotopic (exact) mass is 127 g/mol. The van der Waals surface area contributed by atoms with Gasteiger partial charge in [0, 0.05) is 12.6 Å². The summed E-state index contributed by atoms with van der Waals surface area (Å²) in [7, 11) is 0. The van der Waals surface area contributed by atoms with E-state index >= 15 is 0 Å². The van der Waals surface area contributed by atoms with E-state index in [2.05, 4.69) is 11.8 Å². The Morgan fingerprint density at radius 2 is 2.44 bits per heavy atom. The van der Waals surface area contributed by atoms with Gasteiger partial charge in [0.2, 0.25) is 0 Å². The summed E-state index contributed by atoms with van der Waals surface area (Å²) in [6.45, 7) is 6.96. The fourth-order valence-corrected chi connectivity index (χ4v) is 1.29. The summed E-state index contributed by atoms with van der Waals surface area (Å²) in [4.78, 5) is 2.30. The Morgan fingerprint density at radius 3 is 2.89 bits per heavy atom. The number of piperidine rings is 1. The molecule has 1 atom stereocenters. The fraction of sp³-hybridized carbons (Fsp3) is 0.857. The summed E-state index contributed by atoms with van der Waals surface area (Å²) in [6.07, 6.45) is 2.44. The van der Waals surface area contributed by atoms with Crippen molar-refractivity contribution in [3.63, 3.8) is 0 Å². The second kappa shape index (κ2) is 3.18. The Labute approximate surface area is 57.0 Å². The highest BCUT2D eigenvalue weighted by Gasteiger charge is 2.13. The third-order valence-corrected chi connectivity index (χ3v) is 1.86. The summed E-state index contributed by atoms with van der Waals surface area (Å²) in [5.41, 5.74) is 5.73. The zero-order valence-electron chi connectivity index (χ0n) is 5.84. The van der Waals surface area contributed by atoms with Gasteiger partial charge in [0.15, 0.2) is 0 Å². The zero-order chi connectivity index (χ0) is 6.69. The summed E-state index contributed by atoms with van der Waals surface area (Å²) < 4.78 is 0. The lowest BCUT2D eigenvalue weighted by Crippen LogP contribution is -2.42. The highest BCUT2D eigenvalue weighted by molar-refractivity contribution is 4.74. The molecule has 0 aromatic heterocycles. The molecular formula is C7H15N2. The van der Waals surface area contributed by atoms with Gasteiger partial charge in [-0.3, -0.25) is 0 Å². The van der Waals surface area contributed by atoms with Crippen LogP contribution in [0.1, 0.15) is 12.8 Å². The highest BCUT2D eigenvalue weighted by atomic mass is 15.1. The van der Waals surface area contributed by atoms with Gasteiger partial charge < -0.3 is 10.6 Å². The predicted octanol–water partition coefficient (Wildman–Crippen LogP) is 0.244. The molecule has 1 saturated heterocycles. The maximum absolute atomic E-state index is 5.73. The molecule has 0 unspecified atom stereocenters. The van der Waals surface area contributed by atoms with Crippen LogP contribution in [-0.4, -0.2) is 30.6 Å². The molecule has 1 fully saturated rings. The van der Waals surface area contributed by atoms with Crippen molar-refractivity contribution in [3.05, 3.63) is 6.92 Å². The van der Waals surface area contributed by atoms with Crippen molar-refractivity contribution in [2.45, 2.75) is 18.9 Å². The lowest BCUT2D eigenvalue weighted by Gasteiger charge is -2.29. The Morgan fingerprint density at radius 1 is 1.67 bits per heavy atom. The van der Waals surface area contributed by atoms with Crippen molar-refractivity contribution >= 4 is 0 Å². The van der Waals surface area contributed by atoms with Gasteiger partial charge >= 0.3 is 0 Å². The largest absolute Gasteiger partial charge is 0.327 e. The Bertz CT molecular complexity index is 83.0. The van der Waals surface area contributed by atoms with Crippen LogP contribution in [0.2, 0.25) is 0 Å². The van der Waals surface area contributed by atoms with Crippen LogP contribution in [0.3, 0.4) is 0 Å². The number of hydrogen-bond acceptors (Lipinski definition) is 2. The fourth-order valence-electron chi connectivity index (χ4n) is 1.29. The van der Waals surface area contributed by atoms with Crippen molar-refractivity contribution in [2.75, 3.05) is 19.6 Å². The van der Waals surface area contributed by atoms with Crippen LogP contribution < -0.4 is 5.73 Å². The Hall–Kier alpha value is -0.0800. The zero-order valence-corrected chi connectivity index (χ0v) is 5.84. The van der Waals surface area contributed by atoms with Gasteiger partial charge in [0.05, 0.1) is 0 Å². The van der Waals surface area contributed by atoms with E-state index in [9.17, 15) is 0 Å². The standard InChI is InChI=1S/C7H15N2/c1-2-9-5-3-4-7(8)6-9/h7H,1-6,8H2/t7-/m1/s1. The van der Waals surface area contributed by atoms with Crippen LogP contribution in [0.15, 0.2) is 0 Å². The van der Waals surface area contributed by atoms with Crippen molar-refractivity contribution in [1.82, 2.24) is 4.90 Å². The lowest BCUT2D eigenvalue weighted by atomic mass is 10.1. The Balaban J connectivity index is 2.23. The minimum Gasteiger partial charge on any atom is -0.327 e. The molecule has 53 valence electrons. The lowest BCUT2D eigenvalue weighted by molar-refractivity contribution is 0.228. The molecule has 0 aromatic carbocycles. The topological polar surface area (TPSA) is 29.3 Å². The molecule has 2 N–H and O–H groups in total. The molecular weight excluding hydrogens is 112 g/mol. The minimum absolute atomic E-state index is 0.403. The van der Waals surface area contributed by atoms with Crippen LogP contribution in [0, 0.1) is 6.92 Å². The first-order valence-electron chi connectivity index (χ1n) is 3.60. The summed E-state index contributed by atoms with van der Waals surface area (Å²) >= 11 is 0. The molecule has 1 radical (unpaired) electrons. The smallest absolute Gasteiger partial charge is 0.0168 e. The average molecular weight is 127 g/mol. The van der Waals surface area contributed by atoms with E-state index in [0.717, 1.165) is 13.1 Å². The van der Waals surface area contributed by atoms with Crippen LogP contribution in [0.4, 0.5) is 0 Å². The normalized spacial score (nSPS) is 30.7. The van der Waals surface area contributed by atoms with Crippen molar-refractivity contribution < 1.29 is 0 Å². The highest BCUT2D eigenvalue weighted by Crippen LogP contribution is 2.06.